The van der Waals surface area contributed by atoms with Gasteiger partial charge >= 0.3 is 0 Å². The first kappa shape index (κ1) is 24.7. The maximum absolute atomic E-state index is 12.9. The number of carbonyl (C=O) groups excluding carboxylic acids is 1. The van der Waals surface area contributed by atoms with Crippen LogP contribution in [-0.2, 0) is 24.1 Å². The molecule has 170 valence electrons. The molecule has 0 fully saturated rings. The molecule has 30 heavy (non-hydrogen) atoms. The SMILES string of the molecule is CCCCCc1cc2c(cc1CCCCC)N(C)[C@@H](CCCC)C(=O)N[C@H](CO)C2. The van der Waals surface area contributed by atoms with Crippen molar-refractivity contribution in [2.75, 3.05) is 18.6 Å². The van der Waals surface area contributed by atoms with Gasteiger partial charge in [0.05, 0.1) is 12.6 Å². The molecule has 1 aromatic carbocycles. The first-order valence-corrected chi connectivity index (χ1v) is 12.3. The standard InChI is InChI=1S/C26H44N2O2/c1-5-8-11-13-20-16-22-17-23(19-29)27-26(30)24(15-10-7-3)28(4)25(22)18-21(20)14-12-9-6-2/h16,18,23-24,29H,5-15,17,19H2,1-4H3,(H,27,30)/t23-,24-/m0/s1. The Kier molecular flexibility index (Phi) is 10.7. The van der Waals surface area contributed by atoms with Gasteiger partial charge in [-0.3, -0.25) is 4.79 Å². The van der Waals surface area contributed by atoms with E-state index in [0.29, 0.717) is 6.42 Å². The zero-order valence-electron chi connectivity index (χ0n) is 19.8. The monoisotopic (exact) mass is 416 g/mol. The Morgan fingerprint density at radius 3 is 2.13 bits per heavy atom. The summed E-state index contributed by atoms with van der Waals surface area (Å²) in [5.41, 5.74) is 5.39. The van der Waals surface area contributed by atoms with Crippen LogP contribution in [-0.4, -0.2) is 36.8 Å². The number of hydrogen-bond donors (Lipinski definition) is 2. The second-order valence-electron chi connectivity index (χ2n) is 9.02. The summed E-state index contributed by atoms with van der Waals surface area (Å²) in [5.74, 6) is 0.0511. The molecule has 0 radical (unpaired) electrons. The fourth-order valence-corrected chi connectivity index (χ4v) is 4.61. The maximum Gasteiger partial charge on any atom is 0.242 e. The molecule has 0 saturated heterocycles. The number of amides is 1. The molecule has 1 aliphatic rings. The Hall–Kier alpha value is -1.55. The second kappa shape index (κ2) is 13.0. The van der Waals surface area contributed by atoms with E-state index < -0.39 is 0 Å². The van der Waals surface area contributed by atoms with Crippen LogP contribution < -0.4 is 10.2 Å². The van der Waals surface area contributed by atoms with Gasteiger partial charge in [-0.1, -0.05) is 65.4 Å². The lowest BCUT2D eigenvalue weighted by atomic mass is 9.90. The largest absolute Gasteiger partial charge is 0.394 e. The molecule has 1 heterocycles. The summed E-state index contributed by atoms with van der Waals surface area (Å²) in [7, 11) is 2.07. The average Bonchev–Trinajstić information content (AvgIpc) is 2.74. The topological polar surface area (TPSA) is 52.6 Å². The Morgan fingerprint density at radius 2 is 1.57 bits per heavy atom. The number of fused-ring (bicyclic) bond motifs is 1. The minimum atomic E-state index is -0.205. The van der Waals surface area contributed by atoms with Crippen LogP contribution in [0.3, 0.4) is 0 Å². The third-order valence-electron chi connectivity index (χ3n) is 6.51. The van der Waals surface area contributed by atoms with E-state index in [1.165, 1.54) is 60.9 Å². The molecule has 1 aromatic rings. The summed E-state index contributed by atoms with van der Waals surface area (Å²) < 4.78 is 0. The normalized spacial score (nSPS) is 19.2. The van der Waals surface area contributed by atoms with E-state index in [-0.39, 0.29) is 24.6 Å². The third-order valence-corrected chi connectivity index (χ3v) is 6.51. The van der Waals surface area contributed by atoms with Gasteiger partial charge in [0.15, 0.2) is 0 Å². The average molecular weight is 417 g/mol. The molecule has 1 amide bonds. The molecule has 0 bridgehead atoms. The smallest absolute Gasteiger partial charge is 0.242 e. The summed E-state index contributed by atoms with van der Waals surface area (Å²) in [5, 5.41) is 13.0. The molecule has 0 aromatic heterocycles. The van der Waals surface area contributed by atoms with Crippen molar-refractivity contribution in [2.24, 2.45) is 0 Å². The van der Waals surface area contributed by atoms with Crippen LogP contribution in [0.5, 0.6) is 0 Å². The summed E-state index contributed by atoms with van der Waals surface area (Å²) in [6, 6.07) is 4.38. The van der Waals surface area contributed by atoms with Crippen LogP contribution in [0.1, 0.15) is 95.2 Å². The van der Waals surface area contributed by atoms with Gasteiger partial charge in [0, 0.05) is 12.7 Å². The number of likely N-dealkylation sites (N-methyl/N-ethyl adjacent to an activating group) is 1. The van der Waals surface area contributed by atoms with Crippen LogP contribution in [0, 0.1) is 0 Å². The number of aliphatic hydroxyl groups excluding tert-OH is 1. The third kappa shape index (κ3) is 6.73. The number of nitrogens with one attached hydrogen (secondary N) is 1. The van der Waals surface area contributed by atoms with Crippen LogP contribution in [0.15, 0.2) is 12.1 Å². The Bertz CT molecular complexity index is 659. The van der Waals surface area contributed by atoms with E-state index in [0.717, 1.165) is 32.1 Å². The van der Waals surface area contributed by atoms with Crippen molar-refractivity contribution in [1.29, 1.82) is 0 Å². The zero-order chi connectivity index (χ0) is 21.9. The molecule has 0 aliphatic carbocycles. The fourth-order valence-electron chi connectivity index (χ4n) is 4.61. The summed E-state index contributed by atoms with van der Waals surface area (Å²) in [4.78, 5) is 15.1. The van der Waals surface area contributed by atoms with Crippen LogP contribution >= 0.6 is 0 Å². The summed E-state index contributed by atoms with van der Waals surface area (Å²) >= 11 is 0. The van der Waals surface area contributed by atoms with Gasteiger partial charge in [-0.25, -0.2) is 0 Å². The Morgan fingerprint density at radius 1 is 0.967 bits per heavy atom. The van der Waals surface area contributed by atoms with Crippen molar-refractivity contribution in [3.05, 3.63) is 28.8 Å². The van der Waals surface area contributed by atoms with E-state index in [4.69, 9.17) is 0 Å². The number of aliphatic hydroxyl groups is 1. The van der Waals surface area contributed by atoms with Crippen molar-refractivity contribution in [3.63, 3.8) is 0 Å². The number of rotatable bonds is 12. The number of hydrogen-bond acceptors (Lipinski definition) is 3. The highest BCUT2D eigenvalue weighted by Crippen LogP contribution is 2.31. The van der Waals surface area contributed by atoms with Crippen LogP contribution in [0.4, 0.5) is 5.69 Å². The predicted molar refractivity (Wildman–Crippen MR) is 127 cm³/mol. The van der Waals surface area contributed by atoms with Crippen molar-refractivity contribution >= 4 is 11.6 Å². The van der Waals surface area contributed by atoms with Gasteiger partial charge in [-0.05, 0) is 61.3 Å². The highest BCUT2D eigenvalue weighted by molar-refractivity contribution is 5.86. The highest BCUT2D eigenvalue weighted by Gasteiger charge is 2.30. The fraction of sp³-hybridized carbons (Fsp3) is 0.731. The minimum Gasteiger partial charge on any atom is -0.394 e. The van der Waals surface area contributed by atoms with Crippen molar-refractivity contribution in [1.82, 2.24) is 5.32 Å². The Labute approximate surface area is 184 Å². The van der Waals surface area contributed by atoms with Crippen molar-refractivity contribution in [2.45, 2.75) is 110 Å². The zero-order valence-corrected chi connectivity index (χ0v) is 19.8. The van der Waals surface area contributed by atoms with E-state index in [2.05, 4.69) is 50.2 Å². The quantitative estimate of drug-likeness (QED) is 0.462. The number of aryl methyl sites for hydroxylation is 2. The predicted octanol–water partition coefficient (Wildman–Crippen LogP) is 5.18. The molecule has 0 spiro atoms. The van der Waals surface area contributed by atoms with Gasteiger partial charge in [-0.15, -0.1) is 0 Å². The molecule has 2 atom stereocenters. The minimum absolute atomic E-state index is 0.0151. The lowest BCUT2D eigenvalue weighted by Crippen LogP contribution is -2.52. The van der Waals surface area contributed by atoms with Crippen molar-refractivity contribution in [3.8, 4) is 0 Å². The lowest BCUT2D eigenvalue weighted by Gasteiger charge is -2.36. The first-order valence-electron chi connectivity index (χ1n) is 12.3. The van der Waals surface area contributed by atoms with Gasteiger partial charge in [0.2, 0.25) is 5.91 Å². The first-order chi connectivity index (χ1) is 14.5. The molecule has 1 aliphatic heterocycles. The molecule has 0 unspecified atom stereocenters. The number of nitrogens with zero attached hydrogens (tertiary/aromatic N) is 1. The van der Waals surface area contributed by atoms with Gasteiger partial charge in [-0.2, -0.15) is 0 Å². The molecule has 0 saturated carbocycles. The second-order valence-corrected chi connectivity index (χ2v) is 9.02. The van der Waals surface area contributed by atoms with E-state index >= 15 is 0 Å². The number of carbonyl (C=O) groups is 1. The molecule has 4 heteroatoms. The number of unbranched alkanes of at least 4 members (excludes halogenated alkanes) is 5. The molecule has 4 nitrogen and oxygen atoms in total. The summed E-state index contributed by atoms with van der Waals surface area (Å²) in [6.45, 7) is 6.66. The highest BCUT2D eigenvalue weighted by atomic mass is 16.3. The van der Waals surface area contributed by atoms with E-state index in [9.17, 15) is 9.90 Å². The van der Waals surface area contributed by atoms with E-state index in [1.54, 1.807) is 0 Å². The van der Waals surface area contributed by atoms with Crippen LogP contribution in [0.25, 0.3) is 0 Å². The lowest BCUT2D eigenvalue weighted by molar-refractivity contribution is -0.123. The van der Waals surface area contributed by atoms with Gasteiger partial charge < -0.3 is 15.3 Å². The van der Waals surface area contributed by atoms with Gasteiger partial charge in [0.25, 0.3) is 0 Å². The Balaban J connectivity index is 2.44. The van der Waals surface area contributed by atoms with Crippen molar-refractivity contribution < 1.29 is 9.90 Å². The van der Waals surface area contributed by atoms with E-state index in [1.807, 2.05) is 0 Å². The maximum atomic E-state index is 12.9. The number of benzene rings is 1. The molecule has 2 rings (SSSR count). The molecular formula is C26H44N2O2. The summed E-state index contributed by atoms with van der Waals surface area (Å²) in [6.07, 6.45) is 13.3. The molecule has 2 N–H and O–H groups in total. The number of anilines is 1. The molecular weight excluding hydrogens is 372 g/mol. The van der Waals surface area contributed by atoms with Crippen LogP contribution in [0.2, 0.25) is 0 Å². The van der Waals surface area contributed by atoms with Gasteiger partial charge in [0.1, 0.15) is 6.04 Å².